The molecule has 0 aromatic carbocycles. The van der Waals surface area contributed by atoms with Gasteiger partial charge < -0.3 is 10.3 Å². The van der Waals surface area contributed by atoms with Gasteiger partial charge in [-0.15, -0.1) is 0 Å². The maximum absolute atomic E-state index is 11.8. The molecule has 1 rings (SSSR count). The van der Waals surface area contributed by atoms with E-state index in [0.717, 1.165) is 12.8 Å². The molecule has 1 aromatic heterocycles. The zero-order chi connectivity index (χ0) is 13.5. The predicted molar refractivity (Wildman–Crippen MR) is 72.7 cm³/mol. The zero-order valence-corrected chi connectivity index (χ0v) is 11.3. The summed E-state index contributed by atoms with van der Waals surface area (Å²) in [5, 5.41) is 2.93. The number of H-pyrrole nitrogens is 1. The number of aromatic amines is 1. The van der Waals surface area contributed by atoms with Crippen LogP contribution in [0.15, 0.2) is 23.1 Å². The minimum absolute atomic E-state index is 0.136. The first-order valence-electron chi connectivity index (χ1n) is 6.48. The second kappa shape index (κ2) is 6.99. The largest absolute Gasteiger partial charge is 0.350 e. The molecule has 2 N–H and O–H groups in total. The molecule has 1 heterocycles. The monoisotopic (exact) mass is 250 g/mol. The highest BCUT2D eigenvalue weighted by molar-refractivity contribution is 5.93. The van der Waals surface area contributed by atoms with Crippen molar-refractivity contribution in [1.29, 1.82) is 0 Å². The van der Waals surface area contributed by atoms with Crippen LogP contribution in [0.2, 0.25) is 0 Å². The Bertz CT molecular complexity index is 417. The Hall–Kier alpha value is -1.58. The summed E-state index contributed by atoms with van der Waals surface area (Å²) in [5.74, 6) is 0.565. The quantitative estimate of drug-likeness (QED) is 0.814. The second-order valence-electron chi connectivity index (χ2n) is 5.14. The number of carbonyl (C=O) groups is 1. The predicted octanol–water partition coefficient (Wildman–Crippen LogP) is 2.32. The van der Waals surface area contributed by atoms with Gasteiger partial charge in [0.05, 0.1) is 5.56 Å². The van der Waals surface area contributed by atoms with Crippen molar-refractivity contribution in [1.82, 2.24) is 10.3 Å². The Morgan fingerprint density at radius 1 is 1.28 bits per heavy atom. The van der Waals surface area contributed by atoms with Gasteiger partial charge in [-0.3, -0.25) is 9.59 Å². The third-order valence-corrected chi connectivity index (χ3v) is 2.84. The number of hydrogen-bond donors (Lipinski definition) is 2. The van der Waals surface area contributed by atoms with E-state index in [1.54, 1.807) is 0 Å². The molecule has 1 atom stereocenters. The van der Waals surface area contributed by atoms with Crippen molar-refractivity contribution in [2.75, 3.05) is 0 Å². The third kappa shape index (κ3) is 5.17. The number of carbonyl (C=O) groups excluding carboxylic acids is 1. The van der Waals surface area contributed by atoms with E-state index in [1.165, 1.54) is 24.8 Å². The van der Waals surface area contributed by atoms with Gasteiger partial charge >= 0.3 is 0 Å². The number of hydrogen-bond acceptors (Lipinski definition) is 2. The minimum atomic E-state index is -0.198. The normalized spacial score (nSPS) is 12.4. The molecule has 1 amide bonds. The lowest BCUT2D eigenvalue weighted by Crippen LogP contribution is -2.32. The van der Waals surface area contributed by atoms with Crippen molar-refractivity contribution >= 4 is 5.91 Å². The van der Waals surface area contributed by atoms with Crippen LogP contribution in [0.5, 0.6) is 0 Å². The van der Waals surface area contributed by atoms with Gasteiger partial charge in [-0.2, -0.15) is 0 Å². The number of nitrogens with one attached hydrogen (secondary N) is 2. The molecular weight excluding hydrogens is 228 g/mol. The maximum atomic E-state index is 11.8. The lowest BCUT2D eigenvalue weighted by atomic mass is 10.0. The van der Waals surface area contributed by atoms with Crippen molar-refractivity contribution in [3.05, 3.63) is 34.2 Å². The van der Waals surface area contributed by atoms with Crippen LogP contribution in [0.25, 0.3) is 0 Å². The SMILES string of the molecule is CC(C)CCC[C@H](C)NC(=O)c1ccc(=O)[nH]c1. The van der Waals surface area contributed by atoms with Gasteiger partial charge in [0.1, 0.15) is 0 Å². The van der Waals surface area contributed by atoms with Crippen LogP contribution in [0.1, 0.15) is 50.4 Å². The number of amides is 1. The highest BCUT2D eigenvalue weighted by Gasteiger charge is 2.09. The third-order valence-electron chi connectivity index (χ3n) is 2.84. The van der Waals surface area contributed by atoms with Crippen LogP contribution in [0, 0.1) is 5.92 Å². The highest BCUT2D eigenvalue weighted by Crippen LogP contribution is 2.08. The average molecular weight is 250 g/mol. The fourth-order valence-corrected chi connectivity index (χ4v) is 1.76. The molecular formula is C14H22N2O2. The van der Waals surface area contributed by atoms with Gasteiger partial charge in [-0.1, -0.05) is 26.7 Å². The molecule has 1 aromatic rings. The molecule has 18 heavy (non-hydrogen) atoms. The van der Waals surface area contributed by atoms with Crippen molar-refractivity contribution in [2.45, 2.75) is 46.1 Å². The van der Waals surface area contributed by atoms with Crippen molar-refractivity contribution in [2.24, 2.45) is 5.92 Å². The second-order valence-corrected chi connectivity index (χ2v) is 5.14. The highest BCUT2D eigenvalue weighted by atomic mass is 16.1. The molecule has 0 aliphatic carbocycles. The number of rotatable bonds is 6. The zero-order valence-electron chi connectivity index (χ0n) is 11.3. The van der Waals surface area contributed by atoms with E-state index in [4.69, 9.17) is 0 Å². The van der Waals surface area contributed by atoms with Crippen LogP contribution in [0.4, 0.5) is 0 Å². The Balaban J connectivity index is 2.39. The Labute approximate surface area is 108 Å². The smallest absolute Gasteiger partial charge is 0.252 e. The summed E-state index contributed by atoms with van der Waals surface area (Å²) in [5.41, 5.74) is 0.293. The molecule has 0 bridgehead atoms. The van der Waals surface area contributed by atoms with Gasteiger partial charge in [-0.25, -0.2) is 0 Å². The van der Waals surface area contributed by atoms with E-state index >= 15 is 0 Å². The van der Waals surface area contributed by atoms with E-state index in [2.05, 4.69) is 24.1 Å². The van der Waals surface area contributed by atoms with E-state index in [1.807, 2.05) is 6.92 Å². The summed E-state index contributed by atoms with van der Waals surface area (Å²) in [7, 11) is 0. The number of pyridine rings is 1. The van der Waals surface area contributed by atoms with Crippen molar-refractivity contribution in [3.8, 4) is 0 Å². The molecule has 0 aliphatic rings. The van der Waals surface area contributed by atoms with Crippen LogP contribution < -0.4 is 10.9 Å². The molecule has 100 valence electrons. The van der Waals surface area contributed by atoms with E-state index in [-0.39, 0.29) is 17.5 Å². The molecule has 0 spiro atoms. The van der Waals surface area contributed by atoms with Crippen LogP contribution in [-0.2, 0) is 0 Å². The fraction of sp³-hybridized carbons (Fsp3) is 0.571. The first-order valence-corrected chi connectivity index (χ1v) is 6.48. The van der Waals surface area contributed by atoms with Crippen molar-refractivity contribution in [3.63, 3.8) is 0 Å². The Morgan fingerprint density at radius 3 is 2.56 bits per heavy atom. The molecule has 4 nitrogen and oxygen atoms in total. The molecule has 4 heteroatoms. The van der Waals surface area contributed by atoms with Gasteiger partial charge in [-0.05, 0) is 25.3 Å². The molecule has 0 saturated heterocycles. The van der Waals surface area contributed by atoms with Crippen LogP contribution in [-0.4, -0.2) is 16.9 Å². The van der Waals surface area contributed by atoms with Crippen molar-refractivity contribution < 1.29 is 4.79 Å². The first kappa shape index (κ1) is 14.5. The van der Waals surface area contributed by atoms with E-state index in [9.17, 15) is 9.59 Å². The summed E-state index contributed by atoms with van der Waals surface area (Å²) < 4.78 is 0. The van der Waals surface area contributed by atoms with Crippen LogP contribution in [0.3, 0.4) is 0 Å². The summed E-state index contributed by atoms with van der Waals surface area (Å²) in [6, 6.07) is 3.05. The summed E-state index contributed by atoms with van der Waals surface area (Å²) in [6.07, 6.45) is 4.72. The molecule has 0 aliphatic heterocycles. The summed E-state index contributed by atoms with van der Waals surface area (Å²) in [4.78, 5) is 25.2. The molecule has 0 fully saturated rings. The van der Waals surface area contributed by atoms with Gasteiger partial charge in [0, 0.05) is 18.3 Å². The van der Waals surface area contributed by atoms with Crippen LogP contribution >= 0.6 is 0 Å². The topological polar surface area (TPSA) is 62.0 Å². The van der Waals surface area contributed by atoms with Gasteiger partial charge in [0.15, 0.2) is 0 Å². The van der Waals surface area contributed by atoms with Gasteiger partial charge in [0.2, 0.25) is 5.56 Å². The maximum Gasteiger partial charge on any atom is 0.252 e. The Kier molecular flexibility index (Phi) is 5.62. The number of aromatic nitrogens is 1. The Morgan fingerprint density at radius 2 is 2.00 bits per heavy atom. The summed E-state index contributed by atoms with van der Waals surface area (Å²) >= 11 is 0. The lowest BCUT2D eigenvalue weighted by molar-refractivity contribution is 0.0937. The first-order chi connectivity index (χ1) is 8.49. The minimum Gasteiger partial charge on any atom is -0.350 e. The van der Waals surface area contributed by atoms with E-state index < -0.39 is 0 Å². The fourth-order valence-electron chi connectivity index (χ4n) is 1.76. The molecule has 0 saturated carbocycles. The lowest BCUT2D eigenvalue weighted by Gasteiger charge is -2.14. The average Bonchev–Trinajstić information content (AvgIpc) is 2.29. The standard InChI is InChI=1S/C14H22N2O2/c1-10(2)5-4-6-11(3)16-14(18)12-7-8-13(17)15-9-12/h7-11H,4-6H2,1-3H3,(H,15,17)(H,16,18)/t11-/m0/s1. The summed E-state index contributed by atoms with van der Waals surface area (Å²) in [6.45, 7) is 6.40. The van der Waals surface area contributed by atoms with Gasteiger partial charge in [0.25, 0.3) is 5.91 Å². The molecule has 0 radical (unpaired) electrons. The van der Waals surface area contributed by atoms with E-state index in [0.29, 0.717) is 11.5 Å². The molecule has 0 unspecified atom stereocenters.